The zero-order valence-electron chi connectivity index (χ0n) is 10.9. The largest absolute Gasteiger partial charge is 0.481 e. The summed E-state index contributed by atoms with van der Waals surface area (Å²) < 4.78 is 5.19. The maximum absolute atomic E-state index is 11.8. The average Bonchev–Trinajstić information content (AvgIpc) is 2.59. The third kappa shape index (κ3) is 3.62. The minimum absolute atomic E-state index is 0.116. The van der Waals surface area contributed by atoms with E-state index in [0.29, 0.717) is 13.0 Å². The summed E-state index contributed by atoms with van der Waals surface area (Å²) in [5.41, 5.74) is -1.58. The smallest absolute Gasteiger partial charge is 0.410 e. The molecular weight excluding hydrogens is 236 g/mol. The van der Waals surface area contributed by atoms with E-state index in [1.807, 2.05) is 6.07 Å². The van der Waals surface area contributed by atoms with Crippen LogP contribution >= 0.6 is 0 Å². The second-order valence-corrected chi connectivity index (χ2v) is 5.61. The van der Waals surface area contributed by atoms with E-state index in [4.69, 9.17) is 15.1 Å². The van der Waals surface area contributed by atoms with Crippen molar-refractivity contribution in [2.24, 2.45) is 5.41 Å². The van der Waals surface area contributed by atoms with Crippen LogP contribution in [0.1, 0.15) is 33.6 Å². The molecule has 1 heterocycles. The first-order valence-corrected chi connectivity index (χ1v) is 5.78. The number of carboxylic acids is 1. The highest BCUT2D eigenvalue weighted by Gasteiger charge is 2.43. The number of aliphatic carboxylic acids is 1. The van der Waals surface area contributed by atoms with E-state index >= 15 is 0 Å². The first-order valence-electron chi connectivity index (χ1n) is 5.78. The predicted molar refractivity (Wildman–Crippen MR) is 62.7 cm³/mol. The van der Waals surface area contributed by atoms with Crippen molar-refractivity contribution in [3.05, 3.63) is 0 Å². The molecule has 1 amide bonds. The molecule has 1 N–H and O–H groups in total. The summed E-state index contributed by atoms with van der Waals surface area (Å²) >= 11 is 0. The summed E-state index contributed by atoms with van der Waals surface area (Å²) in [7, 11) is 0. The maximum atomic E-state index is 11.8. The van der Waals surface area contributed by atoms with E-state index in [2.05, 4.69) is 0 Å². The third-order valence-corrected chi connectivity index (χ3v) is 2.73. The van der Waals surface area contributed by atoms with E-state index in [-0.39, 0.29) is 13.0 Å². The number of carbonyl (C=O) groups excluding carboxylic acids is 1. The Labute approximate surface area is 106 Å². The molecule has 1 saturated heterocycles. The van der Waals surface area contributed by atoms with Gasteiger partial charge in [0.1, 0.15) is 5.60 Å². The van der Waals surface area contributed by atoms with E-state index in [1.165, 1.54) is 4.90 Å². The number of nitrogens with zero attached hydrogens (tertiary/aromatic N) is 2. The van der Waals surface area contributed by atoms with Gasteiger partial charge in [0.2, 0.25) is 0 Å². The number of nitriles is 1. The number of rotatable bonds is 2. The van der Waals surface area contributed by atoms with Crippen molar-refractivity contribution in [2.45, 2.75) is 39.2 Å². The van der Waals surface area contributed by atoms with E-state index < -0.39 is 23.1 Å². The Morgan fingerprint density at radius 1 is 1.50 bits per heavy atom. The Morgan fingerprint density at radius 2 is 2.11 bits per heavy atom. The van der Waals surface area contributed by atoms with Crippen molar-refractivity contribution in [3.63, 3.8) is 0 Å². The molecule has 1 unspecified atom stereocenters. The summed E-state index contributed by atoms with van der Waals surface area (Å²) in [5, 5.41) is 17.9. The van der Waals surface area contributed by atoms with Crippen molar-refractivity contribution in [2.75, 3.05) is 13.1 Å². The molecule has 0 aromatic heterocycles. The van der Waals surface area contributed by atoms with Crippen LogP contribution in [0, 0.1) is 16.7 Å². The Balaban J connectivity index is 2.68. The topological polar surface area (TPSA) is 90.6 Å². The van der Waals surface area contributed by atoms with Crippen LogP contribution in [-0.2, 0) is 9.53 Å². The monoisotopic (exact) mass is 254 g/mol. The van der Waals surface area contributed by atoms with Gasteiger partial charge in [-0.05, 0) is 27.2 Å². The minimum Gasteiger partial charge on any atom is -0.481 e. The van der Waals surface area contributed by atoms with Gasteiger partial charge in [-0.2, -0.15) is 5.26 Å². The van der Waals surface area contributed by atoms with Gasteiger partial charge < -0.3 is 14.7 Å². The van der Waals surface area contributed by atoms with Gasteiger partial charge in [0.25, 0.3) is 0 Å². The summed E-state index contributed by atoms with van der Waals surface area (Å²) in [6.07, 6.45) is -0.372. The van der Waals surface area contributed by atoms with Gasteiger partial charge in [0.05, 0.1) is 17.9 Å². The van der Waals surface area contributed by atoms with Gasteiger partial charge in [-0.1, -0.05) is 0 Å². The molecule has 1 aliphatic rings. The molecule has 0 radical (unpaired) electrons. The zero-order chi connectivity index (χ0) is 14.0. The van der Waals surface area contributed by atoms with Gasteiger partial charge >= 0.3 is 12.1 Å². The molecule has 0 saturated carbocycles. The van der Waals surface area contributed by atoms with E-state index in [9.17, 15) is 9.59 Å². The van der Waals surface area contributed by atoms with Crippen molar-refractivity contribution < 1.29 is 19.4 Å². The Morgan fingerprint density at radius 3 is 2.56 bits per heavy atom. The molecule has 1 aliphatic heterocycles. The van der Waals surface area contributed by atoms with Gasteiger partial charge in [-0.25, -0.2) is 4.79 Å². The molecule has 100 valence electrons. The standard InChI is InChI=1S/C12H18N2O4/c1-11(2,3)18-10(17)14-5-4-12(7-13,8-14)6-9(15)16/h4-6,8H2,1-3H3,(H,15,16). The zero-order valence-corrected chi connectivity index (χ0v) is 10.9. The Hall–Kier alpha value is -1.77. The van der Waals surface area contributed by atoms with Crippen molar-refractivity contribution in [3.8, 4) is 6.07 Å². The van der Waals surface area contributed by atoms with Crippen LogP contribution in [0.3, 0.4) is 0 Å². The number of carbonyl (C=O) groups is 2. The molecular formula is C12H18N2O4. The average molecular weight is 254 g/mol. The van der Waals surface area contributed by atoms with Gasteiger partial charge in [-0.3, -0.25) is 4.79 Å². The fourth-order valence-corrected chi connectivity index (χ4v) is 1.92. The van der Waals surface area contributed by atoms with Crippen LogP contribution in [0.15, 0.2) is 0 Å². The van der Waals surface area contributed by atoms with E-state index in [0.717, 1.165) is 0 Å². The van der Waals surface area contributed by atoms with Crippen LogP contribution in [0.25, 0.3) is 0 Å². The van der Waals surface area contributed by atoms with Crippen molar-refractivity contribution in [1.82, 2.24) is 4.90 Å². The number of likely N-dealkylation sites (tertiary alicyclic amines) is 1. The lowest BCUT2D eigenvalue weighted by Crippen LogP contribution is -2.37. The molecule has 6 heteroatoms. The highest BCUT2D eigenvalue weighted by atomic mass is 16.6. The van der Waals surface area contributed by atoms with Crippen LogP contribution in [0.4, 0.5) is 4.79 Å². The lowest BCUT2D eigenvalue weighted by atomic mass is 9.85. The molecule has 0 aliphatic carbocycles. The molecule has 6 nitrogen and oxygen atoms in total. The number of hydrogen-bond acceptors (Lipinski definition) is 4. The van der Waals surface area contributed by atoms with Crippen LogP contribution in [0.2, 0.25) is 0 Å². The highest BCUT2D eigenvalue weighted by Crippen LogP contribution is 2.34. The van der Waals surface area contributed by atoms with Crippen molar-refractivity contribution in [1.29, 1.82) is 5.26 Å². The molecule has 1 fully saturated rings. The SMILES string of the molecule is CC(C)(C)OC(=O)N1CCC(C#N)(CC(=O)O)C1. The fourth-order valence-electron chi connectivity index (χ4n) is 1.92. The number of ether oxygens (including phenoxy) is 1. The Kier molecular flexibility index (Phi) is 3.85. The fraction of sp³-hybridized carbons (Fsp3) is 0.750. The second kappa shape index (κ2) is 4.84. The normalized spacial score (nSPS) is 23.6. The maximum Gasteiger partial charge on any atom is 0.410 e. The number of carboxylic acid groups (broad SMARTS) is 1. The first kappa shape index (κ1) is 14.3. The quantitative estimate of drug-likeness (QED) is 0.808. The van der Waals surface area contributed by atoms with Gasteiger partial charge in [0.15, 0.2) is 0 Å². The summed E-state index contributed by atoms with van der Waals surface area (Å²) in [6, 6.07) is 2.03. The highest BCUT2D eigenvalue weighted by molar-refractivity contribution is 5.71. The molecule has 1 rings (SSSR count). The minimum atomic E-state index is -1.03. The van der Waals surface area contributed by atoms with Gasteiger partial charge in [-0.15, -0.1) is 0 Å². The van der Waals surface area contributed by atoms with Crippen LogP contribution in [0.5, 0.6) is 0 Å². The number of hydrogen-bond donors (Lipinski definition) is 1. The first-order chi connectivity index (χ1) is 8.17. The summed E-state index contributed by atoms with van der Waals surface area (Å²) in [5.74, 6) is -1.03. The third-order valence-electron chi connectivity index (χ3n) is 2.73. The molecule has 0 aromatic carbocycles. The molecule has 0 spiro atoms. The summed E-state index contributed by atoms with van der Waals surface area (Å²) in [4.78, 5) is 23.9. The lowest BCUT2D eigenvalue weighted by molar-refractivity contribution is -0.138. The molecule has 1 atom stereocenters. The number of amides is 1. The molecule has 0 aromatic rings. The molecule has 18 heavy (non-hydrogen) atoms. The lowest BCUT2D eigenvalue weighted by Gasteiger charge is -2.25. The van der Waals surface area contributed by atoms with E-state index in [1.54, 1.807) is 20.8 Å². The van der Waals surface area contributed by atoms with Crippen LogP contribution < -0.4 is 0 Å². The predicted octanol–water partition coefficient (Wildman–Crippen LogP) is 1.61. The summed E-state index contributed by atoms with van der Waals surface area (Å²) in [6.45, 7) is 5.75. The van der Waals surface area contributed by atoms with Crippen LogP contribution in [-0.4, -0.2) is 40.8 Å². The molecule has 0 bridgehead atoms. The van der Waals surface area contributed by atoms with Gasteiger partial charge in [0, 0.05) is 13.1 Å². The Bertz CT molecular complexity index is 394. The second-order valence-electron chi connectivity index (χ2n) is 5.61. The van der Waals surface area contributed by atoms with Crippen molar-refractivity contribution >= 4 is 12.1 Å².